The monoisotopic (exact) mass is 350 g/mol. The molecule has 1 unspecified atom stereocenters. The van der Waals surface area contributed by atoms with Crippen LogP contribution in [0.5, 0.6) is 0 Å². The van der Waals surface area contributed by atoms with E-state index in [1.54, 1.807) is 12.1 Å². The Kier molecular flexibility index (Phi) is 5.43. The van der Waals surface area contributed by atoms with E-state index < -0.39 is 0 Å². The summed E-state index contributed by atoms with van der Waals surface area (Å²) in [5, 5.41) is 0. The highest BCUT2D eigenvalue weighted by molar-refractivity contribution is 5.63. The number of halogens is 1. The Bertz CT molecular complexity index is 700. The van der Waals surface area contributed by atoms with Gasteiger partial charge in [-0.1, -0.05) is 62.6 Å². The first-order valence-corrected chi connectivity index (χ1v) is 10.6. The van der Waals surface area contributed by atoms with Gasteiger partial charge in [-0.15, -0.1) is 0 Å². The first-order chi connectivity index (χ1) is 12.7. The topological polar surface area (TPSA) is 0 Å². The van der Waals surface area contributed by atoms with Crippen molar-refractivity contribution < 1.29 is 4.39 Å². The largest absolute Gasteiger partial charge is 0.207 e. The summed E-state index contributed by atoms with van der Waals surface area (Å²) in [4.78, 5) is 0. The molecule has 26 heavy (non-hydrogen) atoms. The number of hydrogen-bond donors (Lipinski definition) is 0. The molecule has 1 heteroatoms. The molecule has 0 nitrogen and oxygen atoms in total. The minimum atomic E-state index is -0.171. The highest BCUT2D eigenvalue weighted by Crippen LogP contribution is 2.48. The van der Waals surface area contributed by atoms with Gasteiger partial charge in [0.25, 0.3) is 0 Å². The Labute approximate surface area is 157 Å². The Morgan fingerprint density at radius 3 is 2.08 bits per heavy atom. The predicted octanol–water partition coefficient (Wildman–Crippen LogP) is 7.59. The van der Waals surface area contributed by atoms with E-state index in [0.717, 1.165) is 29.2 Å². The quantitative estimate of drug-likeness (QED) is 0.532. The highest BCUT2D eigenvalue weighted by Gasteiger charge is 2.35. The van der Waals surface area contributed by atoms with Gasteiger partial charge in [0.1, 0.15) is 5.82 Å². The van der Waals surface area contributed by atoms with Crippen molar-refractivity contribution in [2.24, 2.45) is 17.8 Å². The third-order valence-corrected chi connectivity index (χ3v) is 6.98. The van der Waals surface area contributed by atoms with Crippen LogP contribution >= 0.6 is 0 Å². The van der Waals surface area contributed by atoms with E-state index in [-0.39, 0.29) is 5.82 Å². The molecule has 0 heterocycles. The summed E-state index contributed by atoms with van der Waals surface area (Å²) in [6.07, 6.45) is 11.4. The molecule has 2 aromatic carbocycles. The van der Waals surface area contributed by atoms with Crippen LogP contribution in [0.4, 0.5) is 4.39 Å². The molecule has 2 aromatic rings. The fourth-order valence-electron chi connectivity index (χ4n) is 5.55. The average Bonchev–Trinajstić information content (AvgIpc) is 2.69. The van der Waals surface area contributed by atoms with Gasteiger partial charge in [-0.25, -0.2) is 4.39 Å². The van der Waals surface area contributed by atoms with Crippen LogP contribution < -0.4 is 0 Å². The Balaban J connectivity index is 1.40. The molecule has 4 rings (SSSR count). The summed E-state index contributed by atoms with van der Waals surface area (Å²) in [5.41, 5.74) is 3.78. The molecule has 0 radical (unpaired) electrons. The van der Waals surface area contributed by atoms with Crippen molar-refractivity contribution in [3.8, 4) is 11.1 Å². The summed E-state index contributed by atoms with van der Waals surface area (Å²) < 4.78 is 13.1. The molecule has 0 bridgehead atoms. The van der Waals surface area contributed by atoms with E-state index in [9.17, 15) is 4.39 Å². The molecule has 2 fully saturated rings. The van der Waals surface area contributed by atoms with Crippen molar-refractivity contribution >= 4 is 0 Å². The van der Waals surface area contributed by atoms with Gasteiger partial charge in [0.2, 0.25) is 0 Å². The van der Waals surface area contributed by atoms with Crippen LogP contribution in [0.2, 0.25) is 0 Å². The van der Waals surface area contributed by atoms with Crippen molar-refractivity contribution in [3.05, 3.63) is 59.9 Å². The zero-order chi connectivity index (χ0) is 17.9. The molecular formula is C25H31F. The van der Waals surface area contributed by atoms with Crippen LogP contribution in [0.15, 0.2) is 48.5 Å². The van der Waals surface area contributed by atoms with Crippen LogP contribution in [0.1, 0.15) is 69.8 Å². The minimum absolute atomic E-state index is 0.171. The second kappa shape index (κ2) is 7.94. The Morgan fingerprint density at radius 1 is 0.769 bits per heavy atom. The van der Waals surface area contributed by atoms with Gasteiger partial charge in [0.05, 0.1) is 0 Å². The lowest BCUT2D eigenvalue weighted by Gasteiger charge is -2.42. The second-order valence-electron chi connectivity index (χ2n) is 8.63. The first kappa shape index (κ1) is 17.8. The van der Waals surface area contributed by atoms with Gasteiger partial charge < -0.3 is 0 Å². The number of fused-ring (bicyclic) bond motifs is 1. The number of benzene rings is 2. The summed E-state index contributed by atoms with van der Waals surface area (Å²) in [7, 11) is 0. The van der Waals surface area contributed by atoms with Crippen LogP contribution in [-0.2, 0) is 0 Å². The Hall–Kier alpha value is -1.63. The standard InChI is InChI=1S/C25H31F/c1-2-3-18-4-5-24-17-23(11-10-22(24)16-18)21-8-6-19(7-9-21)20-12-14-25(26)15-13-20/h6-9,12-15,18,22-24H,2-5,10-11,16-17H2,1H3/t18?,22-,23-,24-/m1/s1. The van der Waals surface area contributed by atoms with Crippen LogP contribution in [0.3, 0.4) is 0 Å². The van der Waals surface area contributed by atoms with E-state index in [0.29, 0.717) is 0 Å². The van der Waals surface area contributed by atoms with Crippen molar-refractivity contribution in [2.45, 2.75) is 64.2 Å². The van der Waals surface area contributed by atoms with Gasteiger partial charge in [0, 0.05) is 0 Å². The van der Waals surface area contributed by atoms with Gasteiger partial charge in [-0.3, -0.25) is 0 Å². The van der Waals surface area contributed by atoms with Gasteiger partial charge >= 0.3 is 0 Å². The van der Waals surface area contributed by atoms with E-state index >= 15 is 0 Å². The maximum atomic E-state index is 13.1. The average molecular weight is 351 g/mol. The summed E-state index contributed by atoms with van der Waals surface area (Å²) >= 11 is 0. The summed E-state index contributed by atoms with van der Waals surface area (Å²) in [5.74, 6) is 3.53. The van der Waals surface area contributed by atoms with E-state index in [2.05, 4.69) is 31.2 Å². The number of rotatable bonds is 4. The highest BCUT2D eigenvalue weighted by atomic mass is 19.1. The van der Waals surface area contributed by atoms with Crippen molar-refractivity contribution in [1.82, 2.24) is 0 Å². The zero-order valence-corrected chi connectivity index (χ0v) is 16.0. The molecule has 0 aromatic heterocycles. The number of hydrogen-bond acceptors (Lipinski definition) is 0. The van der Waals surface area contributed by atoms with Gasteiger partial charge in [-0.2, -0.15) is 0 Å². The molecule has 2 aliphatic carbocycles. The third kappa shape index (κ3) is 3.87. The first-order valence-electron chi connectivity index (χ1n) is 10.6. The van der Waals surface area contributed by atoms with Crippen molar-refractivity contribution in [1.29, 1.82) is 0 Å². The van der Waals surface area contributed by atoms with E-state index in [4.69, 9.17) is 0 Å². The lowest BCUT2D eigenvalue weighted by Crippen LogP contribution is -2.30. The zero-order valence-electron chi connectivity index (χ0n) is 16.0. The van der Waals surface area contributed by atoms with E-state index in [1.165, 1.54) is 62.5 Å². The van der Waals surface area contributed by atoms with E-state index in [1.807, 2.05) is 12.1 Å². The molecule has 0 aliphatic heterocycles. The molecule has 138 valence electrons. The normalized spacial score (nSPS) is 28.5. The SMILES string of the molecule is CCCC1CC[C@@H]2C[C@H](c3ccc(-c4ccc(F)cc4)cc3)CC[C@@H]2C1. The van der Waals surface area contributed by atoms with Gasteiger partial charge in [-0.05, 0) is 84.6 Å². The molecule has 2 aliphatic rings. The fourth-order valence-corrected chi connectivity index (χ4v) is 5.55. The smallest absolute Gasteiger partial charge is 0.123 e. The van der Waals surface area contributed by atoms with Crippen molar-refractivity contribution in [3.63, 3.8) is 0 Å². The summed E-state index contributed by atoms with van der Waals surface area (Å²) in [6, 6.07) is 15.9. The maximum Gasteiger partial charge on any atom is 0.123 e. The molecule has 0 saturated heterocycles. The fraction of sp³-hybridized carbons (Fsp3) is 0.520. The third-order valence-electron chi connectivity index (χ3n) is 6.98. The Morgan fingerprint density at radius 2 is 1.38 bits per heavy atom. The lowest BCUT2D eigenvalue weighted by molar-refractivity contribution is 0.114. The maximum absolute atomic E-state index is 13.1. The van der Waals surface area contributed by atoms with Gasteiger partial charge in [0.15, 0.2) is 0 Å². The van der Waals surface area contributed by atoms with Crippen LogP contribution in [0, 0.1) is 23.6 Å². The lowest BCUT2D eigenvalue weighted by atomic mass is 9.63. The molecule has 0 N–H and O–H groups in total. The van der Waals surface area contributed by atoms with Crippen molar-refractivity contribution in [2.75, 3.05) is 0 Å². The predicted molar refractivity (Wildman–Crippen MR) is 108 cm³/mol. The summed E-state index contributed by atoms with van der Waals surface area (Å²) in [6.45, 7) is 2.33. The minimum Gasteiger partial charge on any atom is -0.207 e. The molecule has 0 spiro atoms. The second-order valence-corrected chi connectivity index (χ2v) is 8.63. The molecule has 2 saturated carbocycles. The molecule has 0 amide bonds. The van der Waals surface area contributed by atoms with Crippen LogP contribution in [-0.4, -0.2) is 0 Å². The molecule has 4 atom stereocenters. The molecular weight excluding hydrogens is 319 g/mol. The van der Waals surface area contributed by atoms with Crippen LogP contribution in [0.25, 0.3) is 11.1 Å².